The molecule has 4 heteroatoms. The van der Waals surface area contributed by atoms with E-state index < -0.39 is 11.4 Å². The number of fused-ring (bicyclic) bond motifs is 1. The van der Waals surface area contributed by atoms with Crippen LogP contribution in [0, 0.1) is 5.41 Å². The topological polar surface area (TPSA) is 56.3 Å². The summed E-state index contributed by atoms with van der Waals surface area (Å²) in [4.78, 5) is 27.7. The van der Waals surface area contributed by atoms with Gasteiger partial charge in [-0.2, -0.15) is 0 Å². The first-order chi connectivity index (χ1) is 10.4. The van der Waals surface area contributed by atoms with Crippen LogP contribution in [0.3, 0.4) is 0 Å². The summed E-state index contributed by atoms with van der Waals surface area (Å²) in [6, 6.07) is 9.56. The summed E-state index contributed by atoms with van der Waals surface area (Å²) in [7, 11) is 0. The van der Waals surface area contributed by atoms with Crippen molar-refractivity contribution in [1.29, 1.82) is 0 Å². The fourth-order valence-corrected chi connectivity index (χ4v) is 1.82. The van der Waals surface area contributed by atoms with Gasteiger partial charge in [-0.1, -0.05) is 45.0 Å². The van der Waals surface area contributed by atoms with E-state index in [1.807, 2.05) is 30.3 Å². The number of para-hydroxylation sites is 1. The number of ether oxygens (including phenoxy) is 1. The molecule has 22 heavy (non-hydrogen) atoms. The van der Waals surface area contributed by atoms with Gasteiger partial charge in [-0.25, -0.2) is 4.79 Å². The van der Waals surface area contributed by atoms with Crippen molar-refractivity contribution in [3.63, 3.8) is 0 Å². The van der Waals surface area contributed by atoms with Gasteiger partial charge in [0, 0.05) is 28.6 Å². The zero-order valence-electron chi connectivity index (χ0n) is 13.0. The number of ketones is 1. The van der Waals surface area contributed by atoms with Crippen molar-refractivity contribution < 1.29 is 14.3 Å². The van der Waals surface area contributed by atoms with Crippen molar-refractivity contribution in [3.05, 3.63) is 48.2 Å². The van der Waals surface area contributed by atoms with Crippen LogP contribution in [0.25, 0.3) is 17.0 Å². The summed E-state index contributed by atoms with van der Waals surface area (Å²) in [5.74, 6) is -0.647. The third-order valence-electron chi connectivity index (χ3n) is 3.24. The van der Waals surface area contributed by atoms with E-state index in [2.05, 4.69) is 4.98 Å². The second-order valence-electron chi connectivity index (χ2n) is 6.04. The Hall–Kier alpha value is -2.49. The van der Waals surface area contributed by atoms with Crippen LogP contribution in [0.2, 0.25) is 0 Å². The van der Waals surface area contributed by atoms with E-state index in [0.29, 0.717) is 0 Å². The van der Waals surface area contributed by atoms with E-state index >= 15 is 0 Å². The summed E-state index contributed by atoms with van der Waals surface area (Å²) < 4.78 is 4.97. The van der Waals surface area contributed by atoms with Gasteiger partial charge in [0.1, 0.15) is 0 Å². The molecule has 114 valence electrons. The Morgan fingerprint density at radius 2 is 1.91 bits per heavy atom. The number of Topliss-reactive ketones (excluding diaryl/α,β-unsaturated/α-hetero) is 1. The molecule has 0 aliphatic rings. The van der Waals surface area contributed by atoms with Crippen LogP contribution in [0.4, 0.5) is 0 Å². The number of esters is 1. The van der Waals surface area contributed by atoms with Gasteiger partial charge in [0.05, 0.1) is 5.52 Å². The minimum absolute atomic E-state index is 0.110. The molecule has 1 aromatic heterocycles. The highest BCUT2D eigenvalue weighted by Crippen LogP contribution is 2.17. The Bertz CT molecular complexity index is 721. The Morgan fingerprint density at radius 3 is 2.64 bits per heavy atom. The first-order valence-electron chi connectivity index (χ1n) is 7.10. The van der Waals surface area contributed by atoms with Gasteiger partial charge in [0.2, 0.25) is 0 Å². The van der Waals surface area contributed by atoms with Gasteiger partial charge in [-0.15, -0.1) is 0 Å². The molecule has 1 heterocycles. The number of carbonyl (C=O) groups is 2. The van der Waals surface area contributed by atoms with E-state index in [1.165, 1.54) is 6.08 Å². The van der Waals surface area contributed by atoms with Gasteiger partial charge < -0.3 is 4.74 Å². The van der Waals surface area contributed by atoms with Gasteiger partial charge in [0.15, 0.2) is 12.4 Å². The molecule has 0 aliphatic carbocycles. The smallest absolute Gasteiger partial charge is 0.331 e. The molecule has 0 spiro atoms. The molecule has 0 bridgehead atoms. The lowest BCUT2D eigenvalue weighted by Gasteiger charge is -2.15. The monoisotopic (exact) mass is 297 g/mol. The molecular formula is C18H19NO3. The number of carbonyl (C=O) groups excluding carboxylic acids is 2. The summed E-state index contributed by atoms with van der Waals surface area (Å²) >= 11 is 0. The fourth-order valence-electron chi connectivity index (χ4n) is 1.82. The molecule has 0 aliphatic heterocycles. The Labute approximate surface area is 129 Å². The van der Waals surface area contributed by atoms with Crippen LogP contribution >= 0.6 is 0 Å². The number of rotatable bonds is 4. The van der Waals surface area contributed by atoms with Crippen molar-refractivity contribution in [2.24, 2.45) is 5.41 Å². The highest BCUT2D eigenvalue weighted by molar-refractivity contribution is 5.94. The predicted octanol–water partition coefficient (Wildman–Crippen LogP) is 3.41. The second-order valence-corrected chi connectivity index (χ2v) is 6.04. The van der Waals surface area contributed by atoms with Crippen molar-refractivity contribution in [2.75, 3.05) is 6.61 Å². The molecule has 0 saturated heterocycles. The minimum atomic E-state index is -0.537. The van der Waals surface area contributed by atoms with E-state index in [4.69, 9.17) is 4.74 Å². The number of nitrogens with zero attached hydrogens (tertiary/aromatic N) is 1. The molecule has 0 unspecified atom stereocenters. The largest absolute Gasteiger partial charge is 0.455 e. The van der Waals surface area contributed by atoms with Crippen LogP contribution in [-0.4, -0.2) is 23.3 Å². The molecule has 1 aromatic carbocycles. The molecule has 0 radical (unpaired) electrons. The zero-order chi connectivity index (χ0) is 16.2. The first-order valence-corrected chi connectivity index (χ1v) is 7.10. The first kappa shape index (κ1) is 15.9. The molecule has 0 fully saturated rings. The predicted molar refractivity (Wildman–Crippen MR) is 86.2 cm³/mol. The quantitative estimate of drug-likeness (QED) is 0.641. The van der Waals surface area contributed by atoms with Crippen molar-refractivity contribution in [1.82, 2.24) is 4.98 Å². The summed E-state index contributed by atoms with van der Waals surface area (Å²) in [5.41, 5.74) is 1.14. The van der Waals surface area contributed by atoms with Crippen molar-refractivity contribution in [2.45, 2.75) is 20.8 Å². The average Bonchev–Trinajstić information content (AvgIpc) is 2.49. The summed E-state index contributed by atoms with van der Waals surface area (Å²) in [6.07, 6.45) is 4.68. The van der Waals surface area contributed by atoms with Crippen LogP contribution in [0.1, 0.15) is 26.3 Å². The molecular weight excluding hydrogens is 278 g/mol. The normalized spacial score (nSPS) is 11.8. The average molecular weight is 297 g/mol. The molecule has 0 amide bonds. The molecule has 0 N–H and O–H groups in total. The number of benzene rings is 1. The maximum atomic E-state index is 11.7. The number of hydrogen-bond acceptors (Lipinski definition) is 4. The fraction of sp³-hybridized carbons (Fsp3) is 0.278. The highest BCUT2D eigenvalue weighted by Gasteiger charge is 2.21. The van der Waals surface area contributed by atoms with Crippen molar-refractivity contribution >= 4 is 28.7 Å². The number of pyridine rings is 1. The molecule has 2 rings (SSSR count). The van der Waals surface area contributed by atoms with Gasteiger partial charge in [-0.3, -0.25) is 9.78 Å². The maximum absolute atomic E-state index is 11.7. The van der Waals surface area contributed by atoms with Crippen LogP contribution in [-0.2, 0) is 14.3 Å². The minimum Gasteiger partial charge on any atom is -0.455 e. The third-order valence-corrected chi connectivity index (χ3v) is 3.24. The van der Waals surface area contributed by atoms with Gasteiger partial charge in [-0.05, 0) is 12.1 Å². The highest BCUT2D eigenvalue weighted by atomic mass is 16.5. The second kappa shape index (κ2) is 6.52. The van der Waals surface area contributed by atoms with Gasteiger partial charge >= 0.3 is 5.97 Å². The van der Waals surface area contributed by atoms with E-state index in [-0.39, 0.29) is 12.4 Å². The van der Waals surface area contributed by atoms with Crippen LogP contribution in [0.15, 0.2) is 42.6 Å². The lowest BCUT2D eigenvalue weighted by molar-refractivity contribution is -0.145. The lowest BCUT2D eigenvalue weighted by atomic mass is 9.91. The summed E-state index contributed by atoms with van der Waals surface area (Å²) in [6.45, 7) is 5.17. The lowest BCUT2D eigenvalue weighted by Crippen LogP contribution is -2.25. The standard InChI is InChI=1S/C18H19NO3/c1-18(2,3)15(20)12-22-16(21)10-9-14-7-4-6-13-8-5-11-19-17(13)14/h4-11H,12H2,1-3H3/b10-9+. The third kappa shape index (κ3) is 4.01. The molecule has 4 nitrogen and oxygen atoms in total. The maximum Gasteiger partial charge on any atom is 0.331 e. The zero-order valence-corrected chi connectivity index (χ0v) is 13.0. The van der Waals surface area contributed by atoms with E-state index in [0.717, 1.165) is 16.5 Å². The van der Waals surface area contributed by atoms with Crippen LogP contribution < -0.4 is 0 Å². The van der Waals surface area contributed by atoms with E-state index in [9.17, 15) is 9.59 Å². The van der Waals surface area contributed by atoms with Crippen molar-refractivity contribution in [3.8, 4) is 0 Å². The Morgan fingerprint density at radius 1 is 1.18 bits per heavy atom. The SMILES string of the molecule is CC(C)(C)C(=O)COC(=O)/C=C/c1cccc2cccnc12. The molecule has 0 saturated carbocycles. The van der Waals surface area contributed by atoms with Crippen LogP contribution in [0.5, 0.6) is 0 Å². The van der Waals surface area contributed by atoms with E-state index in [1.54, 1.807) is 33.0 Å². The Kier molecular flexibility index (Phi) is 4.71. The number of hydrogen-bond donors (Lipinski definition) is 0. The molecule has 0 atom stereocenters. The number of aromatic nitrogens is 1. The summed E-state index contributed by atoms with van der Waals surface area (Å²) in [5, 5.41) is 1.00. The Balaban J connectivity index is 2.05. The van der Waals surface area contributed by atoms with Gasteiger partial charge in [0.25, 0.3) is 0 Å². The molecule has 2 aromatic rings.